The maximum absolute atomic E-state index is 16.0. The summed E-state index contributed by atoms with van der Waals surface area (Å²) in [5, 5.41) is 6.56. The van der Waals surface area contributed by atoms with E-state index in [1.807, 2.05) is 30.2 Å². The fourth-order valence-corrected chi connectivity index (χ4v) is 6.41. The van der Waals surface area contributed by atoms with E-state index in [0.29, 0.717) is 40.8 Å². The summed E-state index contributed by atoms with van der Waals surface area (Å²) in [4.78, 5) is 43.3. The van der Waals surface area contributed by atoms with E-state index in [4.69, 9.17) is 27.9 Å². The molecule has 1 aliphatic heterocycles. The number of nitrogens with zero attached hydrogens (tertiary/aromatic N) is 3. The predicted molar refractivity (Wildman–Crippen MR) is 167 cm³/mol. The number of fused-ring (bicyclic) bond motifs is 1. The van der Waals surface area contributed by atoms with Gasteiger partial charge in [0, 0.05) is 60.5 Å². The van der Waals surface area contributed by atoms with E-state index in [1.54, 1.807) is 24.4 Å². The molecule has 43 heavy (non-hydrogen) atoms. The summed E-state index contributed by atoms with van der Waals surface area (Å²) in [6.45, 7) is 7.74. The fraction of sp³-hybridized carbons (Fsp3) is 0.452. The van der Waals surface area contributed by atoms with Crippen LogP contribution in [-0.4, -0.2) is 66.7 Å². The Balaban J connectivity index is 1.51. The zero-order valence-corrected chi connectivity index (χ0v) is 26.2. The third kappa shape index (κ3) is 6.32. The molecular formula is C31H36Cl2FN5O4. The molecule has 2 amide bonds. The second-order valence-electron chi connectivity index (χ2n) is 11.3. The number of nitrogens with one attached hydrogen (secondary N) is 2. The number of halogens is 3. The number of anilines is 1. The van der Waals surface area contributed by atoms with Crippen LogP contribution in [0.5, 0.6) is 5.75 Å². The van der Waals surface area contributed by atoms with E-state index in [-0.39, 0.29) is 59.5 Å². The van der Waals surface area contributed by atoms with Gasteiger partial charge in [-0.15, -0.1) is 0 Å². The summed E-state index contributed by atoms with van der Waals surface area (Å²) >= 11 is 12.2. The van der Waals surface area contributed by atoms with Crippen molar-refractivity contribution in [2.45, 2.75) is 58.3 Å². The number of ether oxygens (including phenoxy) is 1. The third-order valence-electron chi connectivity index (χ3n) is 8.16. The summed E-state index contributed by atoms with van der Waals surface area (Å²) in [7, 11) is 1.47. The summed E-state index contributed by atoms with van der Waals surface area (Å²) in [6, 6.07) is 6.14. The minimum absolute atomic E-state index is 0.0444. The topological polar surface area (TPSA) is 95.9 Å². The van der Waals surface area contributed by atoms with Gasteiger partial charge in [0.1, 0.15) is 11.3 Å². The maximum atomic E-state index is 16.0. The molecule has 2 unspecified atom stereocenters. The molecule has 9 nitrogen and oxygen atoms in total. The van der Waals surface area contributed by atoms with Crippen LogP contribution in [0.2, 0.25) is 10.0 Å². The molecule has 2 heterocycles. The lowest BCUT2D eigenvalue weighted by Crippen LogP contribution is -2.59. The van der Waals surface area contributed by atoms with Gasteiger partial charge in [0.05, 0.1) is 24.6 Å². The van der Waals surface area contributed by atoms with Crippen molar-refractivity contribution in [3.8, 4) is 5.75 Å². The standard InChI is InChI=1S/C31H36Cl2FN5O4/c1-5-35-26(40)16-38-17(2)13-37(14-18(38)3)28-25(34)11-22-27(30(28)43-4)39(21-8-9-21)15-23(29(22)41)31(42)36-12-19-6-7-20(32)10-24(19)33/h6-7,10-11,15,17-18,21H,5,8-9,12-14,16H2,1-4H3,(H,35,40)(H,36,42). The fourth-order valence-electron chi connectivity index (χ4n) is 5.94. The molecule has 0 spiro atoms. The monoisotopic (exact) mass is 631 g/mol. The van der Waals surface area contributed by atoms with Gasteiger partial charge in [0.15, 0.2) is 11.6 Å². The molecule has 0 radical (unpaired) electrons. The van der Waals surface area contributed by atoms with Gasteiger partial charge in [0.2, 0.25) is 11.3 Å². The minimum atomic E-state index is -0.606. The first-order valence-electron chi connectivity index (χ1n) is 14.5. The highest BCUT2D eigenvalue weighted by Crippen LogP contribution is 2.44. The number of carbonyl (C=O) groups is 2. The van der Waals surface area contributed by atoms with Gasteiger partial charge in [-0.25, -0.2) is 4.39 Å². The summed E-state index contributed by atoms with van der Waals surface area (Å²) in [6.07, 6.45) is 3.28. The first-order valence-corrected chi connectivity index (χ1v) is 15.2. The van der Waals surface area contributed by atoms with Crippen molar-refractivity contribution < 1.29 is 18.7 Å². The molecule has 1 aromatic heterocycles. The quantitative estimate of drug-likeness (QED) is 0.354. The summed E-state index contributed by atoms with van der Waals surface area (Å²) in [5.74, 6) is -0.975. The molecule has 2 atom stereocenters. The zero-order chi connectivity index (χ0) is 31.0. The van der Waals surface area contributed by atoms with E-state index < -0.39 is 17.2 Å². The largest absolute Gasteiger partial charge is 0.492 e. The van der Waals surface area contributed by atoms with Crippen LogP contribution >= 0.6 is 23.2 Å². The van der Waals surface area contributed by atoms with E-state index in [2.05, 4.69) is 15.5 Å². The number of hydrogen-bond donors (Lipinski definition) is 2. The normalized spacial score (nSPS) is 19.0. The van der Waals surface area contributed by atoms with Crippen LogP contribution in [-0.2, 0) is 11.3 Å². The first-order chi connectivity index (χ1) is 20.5. The molecule has 3 aromatic rings. The van der Waals surface area contributed by atoms with Crippen LogP contribution in [0.4, 0.5) is 10.1 Å². The van der Waals surface area contributed by atoms with Crippen molar-refractivity contribution >= 4 is 51.6 Å². The highest BCUT2D eigenvalue weighted by atomic mass is 35.5. The Morgan fingerprint density at radius 3 is 2.40 bits per heavy atom. The van der Waals surface area contributed by atoms with E-state index in [9.17, 15) is 14.4 Å². The van der Waals surface area contributed by atoms with Gasteiger partial charge < -0.3 is 24.8 Å². The second kappa shape index (κ2) is 12.7. The molecule has 0 bridgehead atoms. The minimum Gasteiger partial charge on any atom is -0.492 e. The Hall–Kier alpha value is -3.34. The lowest BCUT2D eigenvalue weighted by atomic mass is 10.0. The van der Waals surface area contributed by atoms with Crippen LogP contribution in [0.25, 0.3) is 10.9 Å². The number of piperazine rings is 1. The molecule has 12 heteroatoms. The van der Waals surface area contributed by atoms with E-state index in [0.717, 1.165) is 12.8 Å². The Kier molecular flexibility index (Phi) is 9.20. The van der Waals surface area contributed by atoms with Gasteiger partial charge in [-0.05, 0) is 57.4 Å². The molecule has 1 saturated carbocycles. The van der Waals surface area contributed by atoms with Gasteiger partial charge in [-0.1, -0.05) is 29.3 Å². The number of carbonyl (C=O) groups excluding carboxylic acids is 2. The Labute approximate surface area is 259 Å². The Morgan fingerprint density at radius 1 is 1.09 bits per heavy atom. The number of aromatic nitrogens is 1. The highest BCUT2D eigenvalue weighted by molar-refractivity contribution is 6.35. The third-order valence-corrected chi connectivity index (χ3v) is 8.75. The summed E-state index contributed by atoms with van der Waals surface area (Å²) in [5.41, 5.74) is 0.724. The van der Waals surface area contributed by atoms with Crippen LogP contribution in [0.3, 0.4) is 0 Å². The number of benzene rings is 2. The average Bonchev–Trinajstić information content (AvgIpc) is 3.80. The maximum Gasteiger partial charge on any atom is 0.257 e. The average molecular weight is 633 g/mol. The van der Waals surface area contributed by atoms with Gasteiger partial charge >= 0.3 is 0 Å². The Morgan fingerprint density at radius 2 is 1.79 bits per heavy atom. The number of hydrogen-bond acceptors (Lipinski definition) is 6. The molecule has 2 aromatic carbocycles. The van der Waals surface area contributed by atoms with Crippen molar-refractivity contribution in [1.29, 1.82) is 0 Å². The van der Waals surface area contributed by atoms with Gasteiger partial charge in [-0.2, -0.15) is 0 Å². The Bertz CT molecular complexity index is 1610. The SMILES string of the molecule is CCNC(=O)CN1C(C)CN(c2c(F)cc3c(=O)c(C(=O)NCc4ccc(Cl)cc4Cl)cn(C4CC4)c3c2OC)CC1C. The van der Waals surface area contributed by atoms with E-state index >= 15 is 4.39 Å². The molecule has 2 fully saturated rings. The molecule has 5 rings (SSSR count). The molecule has 1 aliphatic carbocycles. The van der Waals surface area contributed by atoms with Crippen molar-refractivity contribution in [3.05, 3.63) is 67.7 Å². The highest BCUT2D eigenvalue weighted by Gasteiger charge is 2.36. The van der Waals surface area contributed by atoms with Crippen molar-refractivity contribution in [1.82, 2.24) is 20.1 Å². The van der Waals surface area contributed by atoms with Crippen LogP contribution < -0.4 is 25.7 Å². The number of rotatable bonds is 9. The van der Waals surface area contributed by atoms with Crippen LogP contribution in [0.15, 0.2) is 35.3 Å². The van der Waals surface area contributed by atoms with Crippen LogP contribution in [0, 0.1) is 5.82 Å². The van der Waals surface area contributed by atoms with Gasteiger partial charge in [0.25, 0.3) is 5.91 Å². The number of pyridine rings is 1. The van der Waals surface area contributed by atoms with E-state index in [1.165, 1.54) is 13.2 Å². The van der Waals surface area contributed by atoms with Crippen molar-refractivity contribution in [3.63, 3.8) is 0 Å². The molecule has 1 saturated heterocycles. The lowest BCUT2D eigenvalue weighted by Gasteiger charge is -2.45. The van der Waals surface area contributed by atoms with Crippen molar-refractivity contribution in [2.24, 2.45) is 0 Å². The second-order valence-corrected chi connectivity index (χ2v) is 12.1. The summed E-state index contributed by atoms with van der Waals surface area (Å²) < 4.78 is 23.8. The molecule has 2 N–H and O–H groups in total. The number of methoxy groups -OCH3 is 1. The number of likely N-dealkylation sites (N-methyl/N-ethyl adjacent to an activating group) is 1. The smallest absolute Gasteiger partial charge is 0.257 e. The van der Waals surface area contributed by atoms with Crippen LogP contribution in [0.1, 0.15) is 55.6 Å². The molecular weight excluding hydrogens is 596 g/mol. The molecule has 2 aliphatic rings. The van der Waals surface area contributed by atoms with Crippen molar-refractivity contribution in [2.75, 3.05) is 38.2 Å². The predicted octanol–water partition coefficient (Wildman–Crippen LogP) is 4.76. The van der Waals surface area contributed by atoms with Gasteiger partial charge in [-0.3, -0.25) is 19.3 Å². The zero-order valence-electron chi connectivity index (χ0n) is 24.7. The lowest BCUT2D eigenvalue weighted by molar-refractivity contribution is -0.123. The number of amides is 2. The first kappa shape index (κ1) is 31.1. The molecule has 230 valence electrons.